The fourth-order valence-electron chi connectivity index (χ4n) is 4.72. The Morgan fingerprint density at radius 3 is 2.11 bits per heavy atom. The number of nitrogens with zero attached hydrogens (tertiary/aromatic N) is 4. The van der Waals surface area contributed by atoms with Crippen LogP contribution >= 0.6 is 0 Å². The van der Waals surface area contributed by atoms with E-state index in [-0.39, 0.29) is 0 Å². The van der Waals surface area contributed by atoms with Crippen molar-refractivity contribution in [2.24, 2.45) is 7.05 Å². The number of benzene rings is 3. The summed E-state index contributed by atoms with van der Waals surface area (Å²) < 4.78 is 15.0. The molecular weight excluding hydrogens is 450 g/mol. The molecule has 178 valence electrons. The molecule has 6 rings (SSSR count). The zero-order valence-electron chi connectivity index (χ0n) is 20.3. The first-order chi connectivity index (χ1) is 17.7. The van der Waals surface area contributed by atoms with Gasteiger partial charge in [0.15, 0.2) is 0 Å². The number of para-hydroxylation sites is 1. The summed E-state index contributed by atoms with van der Waals surface area (Å²) in [5, 5.41) is 1.11. The molecule has 3 aromatic carbocycles. The zero-order chi connectivity index (χ0) is 24.6. The molecule has 7 nitrogen and oxygen atoms in total. The van der Waals surface area contributed by atoms with Crippen molar-refractivity contribution in [3.63, 3.8) is 0 Å². The summed E-state index contributed by atoms with van der Waals surface area (Å²) in [4.78, 5) is 13.1. The average molecular weight is 476 g/mol. The molecular formula is C29H25N5O2. The van der Waals surface area contributed by atoms with Crippen LogP contribution < -0.4 is 9.47 Å². The standard InChI is InChI=1S/C29H25N5O2/c1-33-24-7-5-4-6-23(24)25(29(33)34-17-16-30-18-34)28-31-26(19-8-12-21(35-2)13-9-19)27(32-28)20-10-14-22(36-3)15-11-20/h4-18H,1-3H3,(H,31,32). The van der Waals surface area contributed by atoms with Crippen molar-refractivity contribution in [3.05, 3.63) is 91.5 Å². The number of hydrogen-bond acceptors (Lipinski definition) is 4. The van der Waals surface area contributed by atoms with Gasteiger partial charge in [-0.1, -0.05) is 18.2 Å². The maximum absolute atomic E-state index is 5.38. The molecule has 0 aliphatic heterocycles. The number of aryl methyl sites for hydroxylation is 1. The lowest BCUT2D eigenvalue weighted by Gasteiger charge is -2.07. The highest BCUT2D eigenvalue weighted by molar-refractivity contribution is 6.00. The monoisotopic (exact) mass is 475 g/mol. The molecule has 0 saturated carbocycles. The first-order valence-electron chi connectivity index (χ1n) is 11.6. The van der Waals surface area contributed by atoms with Crippen LogP contribution in [-0.4, -0.2) is 38.3 Å². The quantitative estimate of drug-likeness (QED) is 0.316. The van der Waals surface area contributed by atoms with Gasteiger partial charge in [-0.3, -0.25) is 4.57 Å². The van der Waals surface area contributed by atoms with E-state index >= 15 is 0 Å². The summed E-state index contributed by atoms with van der Waals surface area (Å²) in [5.41, 5.74) is 5.94. The Morgan fingerprint density at radius 1 is 0.806 bits per heavy atom. The van der Waals surface area contributed by atoms with Gasteiger partial charge < -0.3 is 19.0 Å². The predicted molar refractivity (Wildman–Crippen MR) is 142 cm³/mol. The normalized spacial score (nSPS) is 11.2. The van der Waals surface area contributed by atoms with Crippen LogP contribution in [0.3, 0.4) is 0 Å². The second-order valence-electron chi connectivity index (χ2n) is 8.51. The van der Waals surface area contributed by atoms with E-state index in [9.17, 15) is 0 Å². The van der Waals surface area contributed by atoms with Gasteiger partial charge in [0.25, 0.3) is 0 Å². The van der Waals surface area contributed by atoms with Crippen LogP contribution in [0.1, 0.15) is 0 Å². The number of methoxy groups -OCH3 is 2. The summed E-state index contributed by atoms with van der Waals surface area (Å²) in [6, 6.07) is 24.4. The highest BCUT2D eigenvalue weighted by atomic mass is 16.5. The van der Waals surface area contributed by atoms with E-state index in [4.69, 9.17) is 14.5 Å². The summed E-state index contributed by atoms with van der Waals surface area (Å²) in [7, 11) is 5.41. The van der Waals surface area contributed by atoms with E-state index in [0.717, 1.165) is 62.1 Å². The van der Waals surface area contributed by atoms with Crippen molar-refractivity contribution < 1.29 is 9.47 Å². The van der Waals surface area contributed by atoms with Crippen molar-refractivity contribution in [1.29, 1.82) is 0 Å². The van der Waals surface area contributed by atoms with Gasteiger partial charge in [0.1, 0.15) is 29.5 Å². The molecule has 0 fully saturated rings. The summed E-state index contributed by atoms with van der Waals surface area (Å²) in [6.45, 7) is 0. The molecule has 0 atom stereocenters. The molecule has 0 unspecified atom stereocenters. The number of fused-ring (bicyclic) bond motifs is 1. The largest absolute Gasteiger partial charge is 0.497 e. The van der Waals surface area contributed by atoms with E-state index in [1.165, 1.54) is 0 Å². The SMILES string of the molecule is COc1ccc(-c2nc(-c3c(-n4ccnc4)n(C)c4ccccc34)[nH]c2-c2ccc(OC)cc2)cc1. The Morgan fingerprint density at radius 2 is 1.47 bits per heavy atom. The minimum absolute atomic E-state index is 0.784. The number of H-pyrrole nitrogens is 1. The van der Waals surface area contributed by atoms with Crippen LogP contribution in [0.25, 0.3) is 50.6 Å². The molecule has 0 radical (unpaired) electrons. The topological polar surface area (TPSA) is 69.9 Å². The molecule has 0 amide bonds. The maximum atomic E-state index is 5.38. The second-order valence-corrected chi connectivity index (χ2v) is 8.51. The molecule has 7 heteroatoms. The molecule has 3 heterocycles. The van der Waals surface area contributed by atoms with Crippen molar-refractivity contribution in [3.8, 4) is 51.2 Å². The minimum Gasteiger partial charge on any atom is -0.497 e. The lowest BCUT2D eigenvalue weighted by Crippen LogP contribution is -2.01. The number of ether oxygens (including phenoxy) is 2. The van der Waals surface area contributed by atoms with Crippen LogP contribution in [0.4, 0.5) is 0 Å². The first kappa shape index (κ1) is 21.7. The Labute approximate surface area is 208 Å². The number of imidazole rings is 2. The summed E-state index contributed by atoms with van der Waals surface area (Å²) in [6.07, 6.45) is 5.56. The van der Waals surface area contributed by atoms with Gasteiger partial charge in [-0.05, 0) is 54.6 Å². The number of hydrogen-bond donors (Lipinski definition) is 1. The van der Waals surface area contributed by atoms with Gasteiger partial charge >= 0.3 is 0 Å². The van der Waals surface area contributed by atoms with E-state index in [1.807, 2.05) is 65.6 Å². The molecule has 0 aliphatic rings. The maximum Gasteiger partial charge on any atom is 0.142 e. The van der Waals surface area contributed by atoms with Crippen LogP contribution in [-0.2, 0) is 7.05 Å². The lowest BCUT2D eigenvalue weighted by atomic mass is 10.0. The van der Waals surface area contributed by atoms with E-state index in [2.05, 4.69) is 45.8 Å². The Kier molecular flexibility index (Phi) is 5.30. The third kappa shape index (κ3) is 3.53. The summed E-state index contributed by atoms with van der Waals surface area (Å²) >= 11 is 0. The Bertz CT molecular complexity index is 1580. The zero-order valence-corrected chi connectivity index (χ0v) is 20.3. The molecule has 3 aromatic heterocycles. The average Bonchev–Trinajstić information content (AvgIpc) is 3.67. The van der Waals surface area contributed by atoms with E-state index < -0.39 is 0 Å². The Hall–Kier alpha value is -4.78. The molecule has 0 bridgehead atoms. The smallest absolute Gasteiger partial charge is 0.142 e. The lowest BCUT2D eigenvalue weighted by molar-refractivity contribution is 0.414. The van der Waals surface area contributed by atoms with Gasteiger partial charge in [-0.15, -0.1) is 0 Å². The molecule has 0 aliphatic carbocycles. The second kappa shape index (κ2) is 8.78. The number of rotatable bonds is 6. The molecule has 36 heavy (non-hydrogen) atoms. The van der Waals surface area contributed by atoms with Gasteiger partial charge in [0.2, 0.25) is 0 Å². The van der Waals surface area contributed by atoms with Gasteiger partial charge in [-0.25, -0.2) is 9.97 Å². The predicted octanol–water partition coefficient (Wildman–Crippen LogP) is 6.11. The third-order valence-electron chi connectivity index (χ3n) is 6.51. The van der Waals surface area contributed by atoms with E-state index in [0.29, 0.717) is 0 Å². The van der Waals surface area contributed by atoms with E-state index in [1.54, 1.807) is 20.4 Å². The van der Waals surface area contributed by atoms with Gasteiger partial charge in [0.05, 0.1) is 36.7 Å². The fourth-order valence-corrected chi connectivity index (χ4v) is 4.72. The van der Waals surface area contributed by atoms with Crippen LogP contribution in [0.5, 0.6) is 11.5 Å². The van der Waals surface area contributed by atoms with Crippen LogP contribution in [0, 0.1) is 0 Å². The highest BCUT2D eigenvalue weighted by Gasteiger charge is 2.23. The van der Waals surface area contributed by atoms with Crippen molar-refractivity contribution in [1.82, 2.24) is 24.1 Å². The molecule has 0 saturated heterocycles. The molecule has 0 spiro atoms. The third-order valence-corrected chi connectivity index (χ3v) is 6.51. The Balaban J connectivity index is 1.62. The summed E-state index contributed by atoms with van der Waals surface area (Å²) in [5.74, 6) is 3.38. The van der Waals surface area contributed by atoms with Crippen LogP contribution in [0.15, 0.2) is 91.5 Å². The van der Waals surface area contributed by atoms with Crippen molar-refractivity contribution in [2.75, 3.05) is 14.2 Å². The highest BCUT2D eigenvalue weighted by Crippen LogP contribution is 2.40. The molecule has 6 aromatic rings. The van der Waals surface area contributed by atoms with Crippen molar-refractivity contribution >= 4 is 10.9 Å². The fraction of sp³-hybridized carbons (Fsp3) is 0.103. The number of aromatic nitrogens is 5. The van der Waals surface area contributed by atoms with Crippen molar-refractivity contribution in [2.45, 2.75) is 0 Å². The van der Waals surface area contributed by atoms with Gasteiger partial charge in [-0.2, -0.15) is 0 Å². The van der Waals surface area contributed by atoms with Crippen LogP contribution in [0.2, 0.25) is 0 Å². The molecule has 1 N–H and O–H groups in total. The minimum atomic E-state index is 0.784. The first-order valence-corrected chi connectivity index (χ1v) is 11.6. The number of aromatic amines is 1. The van der Waals surface area contributed by atoms with Gasteiger partial charge in [0, 0.05) is 36.0 Å². The number of nitrogens with one attached hydrogen (secondary N) is 1.